The van der Waals surface area contributed by atoms with Gasteiger partial charge in [0.15, 0.2) is 0 Å². The van der Waals surface area contributed by atoms with Crippen molar-refractivity contribution in [3.05, 3.63) is 64.2 Å². The Hall–Kier alpha value is -2.45. The monoisotopic (exact) mass is 339 g/mol. The number of rotatable bonds is 2. The lowest BCUT2D eigenvalue weighted by atomic mass is 9.88. The number of likely N-dealkylation sites (N-methyl/N-ethyl adjacent to an activating group) is 1. The maximum absolute atomic E-state index is 14.0. The van der Waals surface area contributed by atoms with Crippen LogP contribution in [0.25, 0.3) is 0 Å². The van der Waals surface area contributed by atoms with Crippen molar-refractivity contribution in [3.8, 4) is 6.07 Å². The molecule has 2 heterocycles. The van der Waals surface area contributed by atoms with Crippen LogP contribution in [0.2, 0.25) is 0 Å². The second kappa shape index (κ2) is 6.12. The Labute approximate surface area is 145 Å². The second-order valence-corrected chi connectivity index (χ2v) is 6.88. The molecule has 0 aliphatic carbocycles. The van der Waals surface area contributed by atoms with Crippen LogP contribution >= 0.6 is 0 Å². The van der Waals surface area contributed by atoms with Crippen molar-refractivity contribution in [3.63, 3.8) is 0 Å². The largest absolute Gasteiger partial charge is 0.370 e. The first-order chi connectivity index (χ1) is 12.1. The lowest BCUT2D eigenvalue weighted by Gasteiger charge is -2.31. The number of hydrogen-bond acceptors (Lipinski definition) is 3. The summed E-state index contributed by atoms with van der Waals surface area (Å²) in [6.45, 7) is 1.87. The molecule has 4 rings (SSSR count). The quantitative estimate of drug-likeness (QED) is 0.912. The number of anilines is 1. The van der Waals surface area contributed by atoms with E-state index in [9.17, 15) is 14.0 Å². The maximum atomic E-state index is 14.0. The zero-order chi connectivity index (χ0) is 17.6. The maximum Gasteiger partial charge on any atom is 0.129 e. The van der Waals surface area contributed by atoms with Gasteiger partial charge in [-0.3, -0.25) is 0 Å². The van der Waals surface area contributed by atoms with Crippen LogP contribution in [0.15, 0.2) is 30.3 Å². The molecule has 0 aromatic heterocycles. The summed E-state index contributed by atoms with van der Waals surface area (Å²) in [5, 5.41) is 13.0. The first-order valence-corrected chi connectivity index (χ1v) is 8.53. The summed E-state index contributed by atoms with van der Waals surface area (Å²) in [6, 6.07) is 10.3. The van der Waals surface area contributed by atoms with Crippen LogP contribution in [0.4, 0.5) is 14.5 Å². The number of nitrogens with one attached hydrogen (secondary N) is 1. The predicted octanol–water partition coefficient (Wildman–Crippen LogP) is 3.32. The number of fused-ring (bicyclic) bond motifs is 3. The van der Waals surface area contributed by atoms with Crippen molar-refractivity contribution >= 4 is 5.69 Å². The first-order valence-electron chi connectivity index (χ1n) is 8.53. The Bertz CT molecular complexity index is 872. The third-order valence-corrected chi connectivity index (χ3v) is 5.42. The lowest BCUT2D eigenvalue weighted by Crippen LogP contribution is -2.42. The number of nitriles is 1. The zero-order valence-corrected chi connectivity index (χ0v) is 14.0. The molecule has 0 unspecified atom stereocenters. The average molecular weight is 339 g/mol. The normalized spacial score (nSPS) is 21.6. The minimum Gasteiger partial charge on any atom is -0.370 e. The van der Waals surface area contributed by atoms with Gasteiger partial charge < -0.3 is 10.2 Å². The standard InChI is InChI=1S/C20H19F2N3/c1-25-19-4-5-24-11-17(19)16-8-12(7-14(10-23)20(16)25)6-13-2-3-15(21)9-18(13)22/h2-3,7-9,17,19,24H,4-6,11H2,1H3/t17-,19-/m0/s1. The summed E-state index contributed by atoms with van der Waals surface area (Å²) < 4.78 is 27.1. The molecule has 0 radical (unpaired) electrons. The van der Waals surface area contributed by atoms with Gasteiger partial charge in [-0.15, -0.1) is 0 Å². The van der Waals surface area contributed by atoms with Crippen molar-refractivity contribution in [2.45, 2.75) is 24.8 Å². The molecule has 1 saturated heterocycles. The van der Waals surface area contributed by atoms with E-state index in [1.165, 1.54) is 12.1 Å². The van der Waals surface area contributed by atoms with E-state index in [-0.39, 0.29) is 0 Å². The molecule has 2 aromatic carbocycles. The molecule has 0 saturated carbocycles. The number of benzene rings is 2. The number of piperidine rings is 1. The molecule has 0 amide bonds. The third-order valence-electron chi connectivity index (χ3n) is 5.42. The number of nitrogens with zero attached hydrogens (tertiary/aromatic N) is 2. The van der Waals surface area contributed by atoms with E-state index in [0.717, 1.165) is 42.4 Å². The molecule has 2 atom stereocenters. The van der Waals surface area contributed by atoms with Crippen molar-refractivity contribution in [1.29, 1.82) is 5.26 Å². The minimum absolute atomic E-state index is 0.346. The lowest BCUT2D eigenvalue weighted by molar-refractivity contribution is 0.413. The van der Waals surface area contributed by atoms with Gasteiger partial charge in [-0.1, -0.05) is 12.1 Å². The average Bonchev–Trinajstić information content (AvgIpc) is 2.90. The third kappa shape index (κ3) is 2.67. The second-order valence-electron chi connectivity index (χ2n) is 6.88. The highest BCUT2D eigenvalue weighted by Gasteiger charge is 2.39. The highest BCUT2D eigenvalue weighted by atomic mass is 19.1. The topological polar surface area (TPSA) is 39.1 Å². The van der Waals surface area contributed by atoms with E-state index in [0.29, 0.717) is 29.5 Å². The van der Waals surface area contributed by atoms with E-state index in [4.69, 9.17) is 0 Å². The van der Waals surface area contributed by atoms with Crippen LogP contribution in [0.3, 0.4) is 0 Å². The molecule has 0 spiro atoms. The van der Waals surface area contributed by atoms with Gasteiger partial charge in [0.2, 0.25) is 0 Å². The van der Waals surface area contributed by atoms with Crippen LogP contribution in [-0.2, 0) is 6.42 Å². The Morgan fingerprint density at radius 2 is 2.12 bits per heavy atom. The fourth-order valence-electron chi connectivity index (χ4n) is 4.26. The van der Waals surface area contributed by atoms with Gasteiger partial charge in [0.05, 0.1) is 11.3 Å². The Kier molecular flexibility index (Phi) is 3.93. The zero-order valence-electron chi connectivity index (χ0n) is 14.0. The van der Waals surface area contributed by atoms with Crippen molar-refractivity contribution in [1.82, 2.24) is 5.32 Å². The molecule has 25 heavy (non-hydrogen) atoms. The van der Waals surface area contributed by atoms with Crippen LogP contribution in [-0.4, -0.2) is 26.2 Å². The van der Waals surface area contributed by atoms with E-state index >= 15 is 0 Å². The smallest absolute Gasteiger partial charge is 0.129 e. The van der Waals surface area contributed by atoms with Gasteiger partial charge in [0.25, 0.3) is 0 Å². The Morgan fingerprint density at radius 1 is 1.28 bits per heavy atom. The van der Waals surface area contributed by atoms with Crippen LogP contribution < -0.4 is 10.2 Å². The summed E-state index contributed by atoms with van der Waals surface area (Å²) in [5.74, 6) is -0.780. The van der Waals surface area contributed by atoms with E-state index in [1.807, 2.05) is 6.07 Å². The molecule has 128 valence electrons. The number of hydrogen-bond donors (Lipinski definition) is 1. The van der Waals surface area contributed by atoms with E-state index < -0.39 is 11.6 Å². The molecule has 1 N–H and O–H groups in total. The number of halogens is 2. The molecule has 2 aliphatic heterocycles. The van der Waals surface area contributed by atoms with Crippen molar-refractivity contribution < 1.29 is 8.78 Å². The summed E-state index contributed by atoms with van der Waals surface area (Å²) in [4.78, 5) is 2.22. The highest BCUT2D eigenvalue weighted by molar-refractivity contribution is 5.71. The molecular formula is C20H19F2N3. The summed E-state index contributed by atoms with van der Waals surface area (Å²) in [5.41, 5.74) is 4.13. The summed E-state index contributed by atoms with van der Waals surface area (Å²) in [7, 11) is 2.05. The molecule has 2 aromatic rings. The van der Waals surface area contributed by atoms with Gasteiger partial charge in [0, 0.05) is 38.0 Å². The fraction of sp³-hybridized carbons (Fsp3) is 0.350. The minimum atomic E-state index is -0.578. The van der Waals surface area contributed by atoms with Gasteiger partial charge in [0.1, 0.15) is 17.7 Å². The SMILES string of the molecule is CN1c2c(C#N)cc(Cc3ccc(F)cc3F)cc2[C@@H]2CNCC[C@@H]21. The van der Waals surface area contributed by atoms with Crippen LogP contribution in [0.1, 0.15) is 34.6 Å². The van der Waals surface area contributed by atoms with Gasteiger partial charge in [-0.25, -0.2) is 8.78 Å². The first kappa shape index (κ1) is 16.0. The molecule has 3 nitrogen and oxygen atoms in total. The van der Waals surface area contributed by atoms with Crippen LogP contribution in [0, 0.1) is 23.0 Å². The predicted molar refractivity (Wildman–Crippen MR) is 92.7 cm³/mol. The van der Waals surface area contributed by atoms with E-state index in [2.05, 4.69) is 29.4 Å². The molecular weight excluding hydrogens is 320 g/mol. The van der Waals surface area contributed by atoms with Crippen LogP contribution in [0.5, 0.6) is 0 Å². The fourth-order valence-corrected chi connectivity index (χ4v) is 4.26. The summed E-state index contributed by atoms with van der Waals surface area (Å²) in [6.07, 6.45) is 1.39. The van der Waals surface area contributed by atoms with E-state index in [1.54, 1.807) is 0 Å². The molecule has 2 aliphatic rings. The molecule has 1 fully saturated rings. The van der Waals surface area contributed by atoms with Crippen molar-refractivity contribution in [2.75, 3.05) is 25.0 Å². The van der Waals surface area contributed by atoms with Crippen molar-refractivity contribution in [2.24, 2.45) is 0 Å². The molecule has 0 bridgehead atoms. The van der Waals surface area contributed by atoms with Gasteiger partial charge in [-0.2, -0.15) is 5.26 Å². The highest BCUT2D eigenvalue weighted by Crippen LogP contribution is 2.44. The molecule has 5 heteroatoms. The Morgan fingerprint density at radius 3 is 2.88 bits per heavy atom. The van der Waals surface area contributed by atoms with Gasteiger partial charge >= 0.3 is 0 Å². The Balaban J connectivity index is 1.75. The summed E-state index contributed by atoms with van der Waals surface area (Å²) >= 11 is 0. The van der Waals surface area contributed by atoms with Gasteiger partial charge in [-0.05, 0) is 41.8 Å².